The van der Waals surface area contributed by atoms with Gasteiger partial charge in [0.25, 0.3) is 5.91 Å². The van der Waals surface area contributed by atoms with E-state index in [1.807, 2.05) is 20.8 Å². The zero-order valence-electron chi connectivity index (χ0n) is 12.9. The van der Waals surface area contributed by atoms with Crippen molar-refractivity contribution < 1.29 is 14.3 Å². The van der Waals surface area contributed by atoms with Crippen LogP contribution in [0.15, 0.2) is 0 Å². The lowest BCUT2D eigenvalue weighted by molar-refractivity contribution is -0.00510. The maximum atomic E-state index is 12.1. The van der Waals surface area contributed by atoms with Crippen LogP contribution in [0.25, 0.3) is 0 Å². The zero-order chi connectivity index (χ0) is 15.6. The number of morpholine rings is 1. The number of hydrogen-bond acceptors (Lipinski definition) is 6. The minimum absolute atomic E-state index is 0.134. The molecule has 2 heterocycles. The summed E-state index contributed by atoms with van der Waals surface area (Å²) >= 11 is 1.38. The molecule has 1 saturated heterocycles. The van der Waals surface area contributed by atoms with Gasteiger partial charge in [-0.05, 0) is 20.8 Å². The van der Waals surface area contributed by atoms with Crippen LogP contribution < -0.4 is 20.7 Å². The largest absolute Gasteiger partial charge is 0.492 e. The maximum Gasteiger partial charge on any atom is 0.263 e. The molecular weight excluding hydrogens is 290 g/mol. The molecule has 7 heteroatoms. The first-order valence-electron chi connectivity index (χ1n) is 7.12. The van der Waals surface area contributed by atoms with E-state index in [1.54, 1.807) is 7.11 Å². The van der Waals surface area contributed by atoms with Crippen LogP contribution in [0.5, 0.6) is 5.75 Å². The Balaban J connectivity index is 2.34. The molecule has 0 radical (unpaired) electrons. The number of ether oxygens (including phenoxy) is 2. The summed E-state index contributed by atoms with van der Waals surface area (Å²) in [5, 5.41) is 3.68. The number of rotatable bonds is 4. The quantitative estimate of drug-likeness (QED) is 0.885. The van der Waals surface area contributed by atoms with Crippen molar-refractivity contribution in [2.75, 3.05) is 37.4 Å². The Kier molecular flexibility index (Phi) is 4.95. The first-order valence-corrected chi connectivity index (χ1v) is 7.94. The Morgan fingerprint density at radius 3 is 2.62 bits per heavy atom. The Morgan fingerprint density at radius 1 is 1.48 bits per heavy atom. The number of anilines is 2. The minimum atomic E-state index is -0.154. The standard InChI is InChI=1S/C14H23N3O3S/c1-5-16-13(18)12-10(15)11(19-4)14(21-12)17-6-8(2)20-9(3)7-17/h8-9H,5-7,15H2,1-4H3,(H,16,18)/t8-,9+. The molecule has 2 atom stereocenters. The van der Waals surface area contributed by atoms with Crippen molar-refractivity contribution in [2.24, 2.45) is 0 Å². The fourth-order valence-electron chi connectivity index (χ4n) is 2.57. The summed E-state index contributed by atoms with van der Waals surface area (Å²) < 4.78 is 11.2. The van der Waals surface area contributed by atoms with Crippen molar-refractivity contribution in [3.8, 4) is 5.75 Å². The van der Waals surface area contributed by atoms with Crippen LogP contribution in [0.3, 0.4) is 0 Å². The second-order valence-electron chi connectivity index (χ2n) is 5.21. The summed E-state index contributed by atoms with van der Waals surface area (Å²) in [5.41, 5.74) is 6.50. The topological polar surface area (TPSA) is 76.8 Å². The lowest BCUT2D eigenvalue weighted by atomic mass is 10.2. The van der Waals surface area contributed by atoms with Gasteiger partial charge in [0.1, 0.15) is 15.6 Å². The maximum absolute atomic E-state index is 12.1. The number of nitrogens with zero attached hydrogens (tertiary/aromatic N) is 1. The summed E-state index contributed by atoms with van der Waals surface area (Å²) in [6, 6.07) is 0. The molecule has 1 aliphatic heterocycles. The summed E-state index contributed by atoms with van der Waals surface area (Å²) in [5.74, 6) is 0.432. The number of carbonyl (C=O) groups is 1. The first-order chi connectivity index (χ1) is 9.97. The van der Waals surface area contributed by atoms with Gasteiger partial charge in [0.05, 0.1) is 19.3 Å². The van der Waals surface area contributed by atoms with Gasteiger partial charge in [0.15, 0.2) is 5.75 Å². The fraction of sp³-hybridized carbons (Fsp3) is 0.643. The third kappa shape index (κ3) is 3.24. The number of amides is 1. The van der Waals surface area contributed by atoms with Crippen LogP contribution in [0.4, 0.5) is 10.7 Å². The van der Waals surface area contributed by atoms with Gasteiger partial charge in [-0.25, -0.2) is 0 Å². The van der Waals surface area contributed by atoms with Crippen molar-refractivity contribution in [3.63, 3.8) is 0 Å². The van der Waals surface area contributed by atoms with E-state index in [-0.39, 0.29) is 18.1 Å². The van der Waals surface area contributed by atoms with E-state index in [0.29, 0.717) is 22.9 Å². The second kappa shape index (κ2) is 6.53. The average molecular weight is 313 g/mol. The molecule has 1 aliphatic rings. The molecule has 0 aliphatic carbocycles. The highest BCUT2D eigenvalue weighted by Crippen LogP contribution is 2.45. The van der Waals surface area contributed by atoms with Crippen LogP contribution >= 0.6 is 11.3 Å². The first kappa shape index (κ1) is 15.9. The highest BCUT2D eigenvalue weighted by molar-refractivity contribution is 7.19. The van der Waals surface area contributed by atoms with E-state index in [0.717, 1.165) is 18.1 Å². The summed E-state index contributed by atoms with van der Waals surface area (Å²) in [7, 11) is 1.58. The molecule has 2 rings (SSSR count). The van der Waals surface area contributed by atoms with Crippen LogP contribution in [-0.2, 0) is 4.74 Å². The van der Waals surface area contributed by atoms with E-state index < -0.39 is 0 Å². The number of methoxy groups -OCH3 is 1. The van der Waals surface area contributed by atoms with E-state index in [1.165, 1.54) is 11.3 Å². The molecule has 1 amide bonds. The van der Waals surface area contributed by atoms with E-state index in [9.17, 15) is 4.79 Å². The Labute approximate surface area is 129 Å². The number of thiophene rings is 1. The summed E-state index contributed by atoms with van der Waals surface area (Å²) in [6.07, 6.45) is 0.268. The number of nitrogens with one attached hydrogen (secondary N) is 1. The third-order valence-electron chi connectivity index (χ3n) is 3.34. The van der Waals surface area contributed by atoms with Gasteiger partial charge in [-0.3, -0.25) is 4.79 Å². The lowest BCUT2D eigenvalue weighted by Gasteiger charge is -2.36. The van der Waals surface area contributed by atoms with Crippen molar-refractivity contribution in [2.45, 2.75) is 33.0 Å². The fourth-order valence-corrected chi connectivity index (χ4v) is 3.70. The van der Waals surface area contributed by atoms with Crippen molar-refractivity contribution >= 4 is 27.9 Å². The summed E-state index contributed by atoms with van der Waals surface area (Å²) in [6.45, 7) is 8.04. The zero-order valence-corrected chi connectivity index (χ0v) is 13.8. The van der Waals surface area contributed by atoms with Gasteiger partial charge in [-0.2, -0.15) is 0 Å². The molecule has 0 spiro atoms. The number of nitrogens with two attached hydrogens (primary N) is 1. The molecule has 1 aromatic rings. The Morgan fingerprint density at radius 2 is 2.10 bits per heavy atom. The molecule has 1 aromatic heterocycles. The molecule has 0 unspecified atom stereocenters. The summed E-state index contributed by atoms with van der Waals surface area (Å²) in [4.78, 5) is 14.8. The highest BCUT2D eigenvalue weighted by atomic mass is 32.1. The minimum Gasteiger partial charge on any atom is -0.492 e. The highest BCUT2D eigenvalue weighted by Gasteiger charge is 2.29. The predicted octanol–water partition coefficient (Wildman–Crippen LogP) is 1.70. The van der Waals surface area contributed by atoms with Gasteiger partial charge < -0.3 is 25.4 Å². The van der Waals surface area contributed by atoms with E-state index >= 15 is 0 Å². The van der Waals surface area contributed by atoms with Gasteiger partial charge >= 0.3 is 0 Å². The molecule has 0 bridgehead atoms. The Bertz CT molecular complexity index is 508. The average Bonchev–Trinajstić information content (AvgIpc) is 2.75. The monoisotopic (exact) mass is 313 g/mol. The van der Waals surface area contributed by atoms with Crippen molar-refractivity contribution in [3.05, 3.63) is 4.88 Å². The third-order valence-corrected chi connectivity index (χ3v) is 4.58. The molecular formula is C14H23N3O3S. The van der Waals surface area contributed by atoms with Gasteiger partial charge in [-0.15, -0.1) is 11.3 Å². The van der Waals surface area contributed by atoms with E-state index in [2.05, 4.69) is 10.2 Å². The molecule has 0 aromatic carbocycles. The van der Waals surface area contributed by atoms with Gasteiger partial charge in [0, 0.05) is 19.6 Å². The SMILES string of the molecule is CCNC(=O)c1sc(N2C[C@@H](C)O[C@@H](C)C2)c(OC)c1N. The molecule has 1 fully saturated rings. The smallest absolute Gasteiger partial charge is 0.263 e. The molecule has 6 nitrogen and oxygen atoms in total. The second-order valence-corrected chi connectivity index (χ2v) is 6.20. The Hall–Kier alpha value is -1.47. The molecule has 0 saturated carbocycles. The van der Waals surface area contributed by atoms with Crippen LogP contribution in [0, 0.1) is 0 Å². The number of nitrogen functional groups attached to an aromatic ring is 1. The van der Waals surface area contributed by atoms with Crippen LogP contribution in [0.2, 0.25) is 0 Å². The van der Waals surface area contributed by atoms with Crippen LogP contribution in [-0.4, -0.2) is 44.9 Å². The van der Waals surface area contributed by atoms with Gasteiger partial charge in [0.2, 0.25) is 0 Å². The van der Waals surface area contributed by atoms with Crippen LogP contribution in [0.1, 0.15) is 30.4 Å². The normalized spacial score (nSPS) is 22.2. The predicted molar refractivity (Wildman–Crippen MR) is 85.5 cm³/mol. The van der Waals surface area contributed by atoms with E-state index in [4.69, 9.17) is 15.2 Å². The molecule has 118 valence electrons. The molecule has 3 N–H and O–H groups in total. The van der Waals surface area contributed by atoms with Crippen molar-refractivity contribution in [1.29, 1.82) is 0 Å². The molecule has 21 heavy (non-hydrogen) atoms. The number of hydrogen-bond donors (Lipinski definition) is 2. The lowest BCUT2D eigenvalue weighted by Crippen LogP contribution is -2.45. The number of carbonyl (C=O) groups excluding carboxylic acids is 1. The van der Waals surface area contributed by atoms with Crippen molar-refractivity contribution in [1.82, 2.24) is 5.32 Å². The van der Waals surface area contributed by atoms with Gasteiger partial charge in [-0.1, -0.05) is 0 Å².